The number of pyridine rings is 1. The average Bonchev–Trinajstić information content (AvgIpc) is 2.46. The summed E-state index contributed by atoms with van der Waals surface area (Å²) < 4.78 is 5.23. The van der Waals surface area contributed by atoms with Crippen molar-refractivity contribution in [1.29, 1.82) is 0 Å². The number of ether oxygens (including phenoxy) is 1. The predicted molar refractivity (Wildman–Crippen MR) is 85.6 cm³/mol. The number of nitrogens with one attached hydrogen (secondary N) is 1. The third-order valence-electron chi connectivity index (χ3n) is 3.46. The van der Waals surface area contributed by atoms with Gasteiger partial charge in [-0.15, -0.1) is 0 Å². The Morgan fingerprint density at radius 1 is 1.35 bits per heavy atom. The summed E-state index contributed by atoms with van der Waals surface area (Å²) in [4.78, 5) is 7.03. The second-order valence-electron chi connectivity index (χ2n) is 4.78. The van der Waals surface area contributed by atoms with Crippen LogP contribution in [0.1, 0.15) is 32.4 Å². The van der Waals surface area contributed by atoms with Gasteiger partial charge >= 0.3 is 0 Å². The second-order valence-corrected chi connectivity index (χ2v) is 5.19. The summed E-state index contributed by atoms with van der Waals surface area (Å²) in [5.74, 6) is 0.977. The molecular weight excluding hydrogens is 274 g/mol. The average molecular weight is 300 g/mol. The van der Waals surface area contributed by atoms with Gasteiger partial charge in [-0.25, -0.2) is 4.98 Å². The third kappa shape index (κ3) is 4.62. The SMILES string of the molecule is CCC(CC)N(CCOC)c1ccc(Cl)c(CNC)n1. The number of hydrogen-bond acceptors (Lipinski definition) is 4. The molecule has 0 aliphatic heterocycles. The Labute approximate surface area is 127 Å². The molecular formula is C15H26ClN3O. The molecule has 0 radical (unpaired) electrons. The number of nitrogens with zero attached hydrogens (tertiary/aromatic N) is 2. The van der Waals surface area contributed by atoms with Gasteiger partial charge in [0.05, 0.1) is 17.3 Å². The molecule has 1 rings (SSSR count). The summed E-state index contributed by atoms with van der Waals surface area (Å²) in [6, 6.07) is 4.40. The van der Waals surface area contributed by atoms with E-state index in [1.54, 1.807) is 7.11 Å². The van der Waals surface area contributed by atoms with Crippen molar-refractivity contribution in [2.45, 2.75) is 39.3 Å². The van der Waals surface area contributed by atoms with E-state index in [0.29, 0.717) is 24.2 Å². The van der Waals surface area contributed by atoms with Gasteiger partial charge in [0.2, 0.25) is 0 Å². The Kier molecular flexibility index (Phi) is 7.88. The lowest BCUT2D eigenvalue weighted by atomic mass is 10.1. The number of halogens is 1. The van der Waals surface area contributed by atoms with Crippen LogP contribution in [0.25, 0.3) is 0 Å². The first kappa shape index (κ1) is 17.2. The zero-order valence-electron chi connectivity index (χ0n) is 12.9. The third-order valence-corrected chi connectivity index (χ3v) is 3.81. The van der Waals surface area contributed by atoms with Crippen molar-refractivity contribution in [3.63, 3.8) is 0 Å². The van der Waals surface area contributed by atoms with Crippen molar-refractivity contribution in [1.82, 2.24) is 10.3 Å². The Hall–Kier alpha value is -0.840. The van der Waals surface area contributed by atoms with E-state index in [-0.39, 0.29) is 0 Å². The summed E-state index contributed by atoms with van der Waals surface area (Å²) in [7, 11) is 3.63. The first-order chi connectivity index (χ1) is 9.67. The lowest BCUT2D eigenvalue weighted by Crippen LogP contribution is -2.37. The number of aromatic nitrogens is 1. The van der Waals surface area contributed by atoms with E-state index < -0.39 is 0 Å². The van der Waals surface area contributed by atoms with Crippen LogP contribution in [0.5, 0.6) is 0 Å². The van der Waals surface area contributed by atoms with Gasteiger partial charge in [-0.3, -0.25) is 0 Å². The van der Waals surface area contributed by atoms with Crippen LogP contribution in [0, 0.1) is 0 Å². The smallest absolute Gasteiger partial charge is 0.129 e. The predicted octanol–water partition coefficient (Wildman–Crippen LogP) is 3.10. The number of hydrogen-bond donors (Lipinski definition) is 1. The van der Waals surface area contributed by atoms with Crippen LogP contribution < -0.4 is 10.2 Å². The summed E-state index contributed by atoms with van der Waals surface area (Å²) in [6.07, 6.45) is 2.18. The Morgan fingerprint density at radius 3 is 2.60 bits per heavy atom. The molecule has 114 valence electrons. The van der Waals surface area contributed by atoms with Crippen molar-refractivity contribution < 1.29 is 4.74 Å². The van der Waals surface area contributed by atoms with Crippen LogP contribution in [-0.2, 0) is 11.3 Å². The summed E-state index contributed by atoms with van der Waals surface area (Å²) in [5.41, 5.74) is 0.889. The topological polar surface area (TPSA) is 37.4 Å². The highest BCUT2D eigenvalue weighted by atomic mass is 35.5. The lowest BCUT2D eigenvalue weighted by Gasteiger charge is -2.31. The van der Waals surface area contributed by atoms with E-state index in [2.05, 4.69) is 24.1 Å². The Balaban J connectivity index is 3.02. The first-order valence-corrected chi connectivity index (χ1v) is 7.61. The minimum Gasteiger partial charge on any atom is -0.383 e. The van der Waals surface area contributed by atoms with Gasteiger partial charge < -0.3 is 15.0 Å². The van der Waals surface area contributed by atoms with Gasteiger partial charge in [0, 0.05) is 26.2 Å². The molecule has 0 saturated carbocycles. The molecule has 1 heterocycles. The van der Waals surface area contributed by atoms with Crippen molar-refractivity contribution in [3.8, 4) is 0 Å². The highest BCUT2D eigenvalue weighted by Crippen LogP contribution is 2.22. The Bertz CT molecular complexity index is 397. The molecule has 1 aromatic heterocycles. The minimum absolute atomic E-state index is 0.473. The van der Waals surface area contributed by atoms with Gasteiger partial charge in [0.25, 0.3) is 0 Å². The van der Waals surface area contributed by atoms with E-state index in [9.17, 15) is 0 Å². The van der Waals surface area contributed by atoms with Crippen LogP contribution in [-0.4, -0.2) is 38.3 Å². The molecule has 0 spiro atoms. The van der Waals surface area contributed by atoms with Crippen molar-refractivity contribution in [2.24, 2.45) is 0 Å². The van der Waals surface area contributed by atoms with E-state index in [4.69, 9.17) is 21.3 Å². The normalized spacial score (nSPS) is 11.1. The molecule has 5 heteroatoms. The molecule has 0 saturated heterocycles. The molecule has 0 amide bonds. The van der Waals surface area contributed by atoms with E-state index in [1.165, 1.54) is 0 Å². The maximum absolute atomic E-state index is 6.19. The van der Waals surface area contributed by atoms with Crippen LogP contribution >= 0.6 is 11.6 Å². The quantitative estimate of drug-likeness (QED) is 0.760. The molecule has 0 atom stereocenters. The zero-order chi connectivity index (χ0) is 15.0. The highest BCUT2D eigenvalue weighted by Gasteiger charge is 2.17. The summed E-state index contributed by atoms with van der Waals surface area (Å²) in [6.45, 7) is 6.63. The van der Waals surface area contributed by atoms with Gasteiger partial charge in [0.1, 0.15) is 5.82 Å². The number of anilines is 1. The molecule has 0 bridgehead atoms. The van der Waals surface area contributed by atoms with Crippen LogP contribution in [0.15, 0.2) is 12.1 Å². The fourth-order valence-electron chi connectivity index (χ4n) is 2.33. The van der Waals surface area contributed by atoms with Gasteiger partial charge in [0.15, 0.2) is 0 Å². The van der Waals surface area contributed by atoms with Gasteiger partial charge in [-0.05, 0) is 32.0 Å². The van der Waals surface area contributed by atoms with Crippen LogP contribution in [0.3, 0.4) is 0 Å². The van der Waals surface area contributed by atoms with Gasteiger partial charge in [-0.1, -0.05) is 25.4 Å². The highest BCUT2D eigenvalue weighted by molar-refractivity contribution is 6.31. The molecule has 0 unspecified atom stereocenters. The van der Waals surface area contributed by atoms with Crippen LogP contribution in [0.4, 0.5) is 5.82 Å². The van der Waals surface area contributed by atoms with E-state index in [1.807, 2.05) is 19.2 Å². The number of methoxy groups -OCH3 is 1. The molecule has 1 N–H and O–H groups in total. The second kappa shape index (κ2) is 9.16. The van der Waals surface area contributed by atoms with Crippen molar-refractivity contribution in [2.75, 3.05) is 32.2 Å². The molecule has 20 heavy (non-hydrogen) atoms. The van der Waals surface area contributed by atoms with Crippen molar-refractivity contribution in [3.05, 3.63) is 22.8 Å². The fourth-order valence-corrected chi connectivity index (χ4v) is 2.50. The number of rotatable bonds is 9. The molecule has 0 fully saturated rings. The maximum Gasteiger partial charge on any atom is 0.129 e. The molecule has 0 aromatic carbocycles. The molecule has 0 aliphatic rings. The standard InChI is InChI=1S/C15H26ClN3O/c1-5-12(6-2)19(9-10-20-4)15-8-7-13(16)14(18-15)11-17-3/h7-8,12,17H,5-6,9-11H2,1-4H3. The molecule has 4 nitrogen and oxygen atoms in total. The Morgan fingerprint density at radius 2 is 2.05 bits per heavy atom. The summed E-state index contributed by atoms with van der Waals surface area (Å²) >= 11 is 6.19. The fraction of sp³-hybridized carbons (Fsp3) is 0.667. The first-order valence-electron chi connectivity index (χ1n) is 7.23. The van der Waals surface area contributed by atoms with E-state index in [0.717, 1.165) is 30.9 Å². The molecule has 1 aromatic rings. The van der Waals surface area contributed by atoms with E-state index >= 15 is 0 Å². The van der Waals surface area contributed by atoms with Gasteiger partial charge in [-0.2, -0.15) is 0 Å². The maximum atomic E-state index is 6.19. The zero-order valence-corrected chi connectivity index (χ0v) is 13.7. The van der Waals surface area contributed by atoms with Crippen LogP contribution in [0.2, 0.25) is 5.02 Å². The largest absolute Gasteiger partial charge is 0.383 e. The lowest BCUT2D eigenvalue weighted by molar-refractivity contribution is 0.202. The minimum atomic E-state index is 0.473. The van der Waals surface area contributed by atoms with Crippen molar-refractivity contribution >= 4 is 17.4 Å². The summed E-state index contributed by atoms with van der Waals surface area (Å²) in [5, 5.41) is 3.81. The monoisotopic (exact) mass is 299 g/mol. The molecule has 0 aliphatic carbocycles.